The molecule has 2 aromatic carbocycles. The van der Waals surface area contributed by atoms with E-state index in [1.807, 2.05) is 18.2 Å². The highest BCUT2D eigenvalue weighted by molar-refractivity contribution is 7.98. The maximum atomic E-state index is 5.74. The Labute approximate surface area is 122 Å². The molecule has 0 bridgehead atoms. The number of nitrogens with two attached hydrogens (primary N) is 1. The summed E-state index contributed by atoms with van der Waals surface area (Å²) in [7, 11) is 0. The molecule has 0 radical (unpaired) electrons. The number of nitrogens with zero attached hydrogens (tertiary/aromatic N) is 1. The van der Waals surface area contributed by atoms with Crippen molar-refractivity contribution in [1.29, 1.82) is 0 Å². The van der Waals surface area contributed by atoms with Crippen molar-refractivity contribution < 1.29 is 4.42 Å². The molecule has 0 fully saturated rings. The average molecular weight is 284 g/mol. The van der Waals surface area contributed by atoms with E-state index >= 15 is 0 Å². The first kappa shape index (κ1) is 13.1. The zero-order chi connectivity index (χ0) is 14.1. The second-order valence-electron chi connectivity index (χ2n) is 4.93. The Hall–Kier alpha value is -1.94. The largest absolute Gasteiger partial charge is 0.431 e. The third-order valence-electron chi connectivity index (χ3n) is 3.25. The van der Waals surface area contributed by atoms with Gasteiger partial charge in [-0.15, -0.1) is 0 Å². The van der Waals surface area contributed by atoms with Gasteiger partial charge in [0, 0.05) is 17.5 Å². The summed E-state index contributed by atoms with van der Waals surface area (Å²) in [4.78, 5) is 4.46. The molecule has 3 aromatic rings. The predicted molar refractivity (Wildman–Crippen MR) is 83.9 cm³/mol. The van der Waals surface area contributed by atoms with Gasteiger partial charge in [0.25, 0.3) is 5.22 Å². The molecule has 20 heavy (non-hydrogen) atoms. The summed E-state index contributed by atoms with van der Waals surface area (Å²) in [6, 6.07) is 12.0. The normalized spacial score (nSPS) is 11.1. The molecular weight excluding hydrogens is 268 g/mol. The lowest BCUT2D eigenvalue weighted by molar-refractivity contribution is 0.489. The van der Waals surface area contributed by atoms with Gasteiger partial charge in [0.05, 0.1) is 0 Å². The molecule has 0 aliphatic carbocycles. The van der Waals surface area contributed by atoms with E-state index < -0.39 is 0 Å². The first-order chi connectivity index (χ1) is 9.61. The van der Waals surface area contributed by atoms with Gasteiger partial charge in [-0.25, -0.2) is 4.98 Å². The van der Waals surface area contributed by atoms with Crippen LogP contribution in [0.25, 0.3) is 11.1 Å². The number of fused-ring (bicyclic) bond motifs is 1. The van der Waals surface area contributed by atoms with Crippen molar-refractivity contribution in [2.45, 2.75) is 24.8 Å². The van der Waals surface area contributed by atoms with Crippen molar-refractivity contribution in [1.82, 2.24) is 4.98 Å². The van der Waals surface area contributed by atoms with E-state index in [4.69, 9.17) is 10.2 Å². The average Bonchev–Trinajstić information content (AvgIpc) is 2.81. The number of hydrogen-bond donors (Lipinski definition) is 1. The molecule has 3 rings (SSSR count). The van der Waals surface area contributed by atoms with Crippen LogP contribution in [-0.2, 0) is 5.75 Å². The van der Waals surface area contributed by atoms with Crippen LogP contribution in [0.15, 0.2) is 46.0 Å². The van der Waals surface area contributed by atoms with Gasteiger partial charge in [0.15, 0.2) is 5.58 Å². The zero-order valence-electron chi connectivity index (χ0n) is 11.5. The monoisotopic (exact) mass is 284 g/mol. The first-order valence-corrected chi connectivity index (χ1v) is 7.45. The van der Waals surface area contributed by atoms with E-state index in [0.717, 1.165) is 16.9 Å². The molecule has 0 saturated carbocycles. The van der Waals surface area contributed by atoms with Gasteiger partial charge in [0.1, 0.15) is 5.52 Å². The molecule has 2 N–H and O–H groups in total. The third kappa shape index (κ3) is 2.65. The Kier molecular flexibility index (Phi) is 3.40. The van der Waals surface area contributed by atoms with Crippen LogP contribution in [-0.4, -0.2) is 4.98 Å². The molecule has 0 unspecified atom stereocenters. The van der Waals surface area contributed by atoms with Crippen LogP contribution in [0, 0.1) is 13.8 Å². The first-order valence-electron chi connectivity index (χ1n) is 6.47. The van der Waals surface area contributed by atoms with Crippen LogP contribution in [0.4, 0.5) is 5.69 Å². The van der Waals surface area contributed by atoms with Gasteiger partial charge < -0.3 is 10.2 Å². The SMILES string of the molecule is Cc1ccc(C)c(CSc2nc3ccc(N)cc3o2)c1. The third-order valence-corrected chi connectivity index (χ3v) is 4.13. The van der Waals surface area contributed by atoms with E-state index in [-0.39, 0.29) is 0 Å². The Balaban J connectivity index is 1.81. The van der Waals surface area contributed by atoms with Crippen LogP contribution in [0.3, 0.4) is 0 Å². The second-order valence-corrected chi connectivity index (χ2v) is 5.85. The minimum atomic E-state index is 0.687. The fourth-order valence-corrected chi connectivity index (χ4v) is 2.98. The van der Waals surface area contributed by atoms with Crippen LogP contribution < -0.4 is 5.73 Å². The van der Waals surface area contributed by atoms with Crippen LogP contribution in [0.5, 0.6) is 0 Å². The minimum absolute atomic E-state index is 0.687. The Morgan fingerprint density at radius 1 is 1.15 bits per heavy atom. The molecule has 1 aromatic heterocycles. The van der Waals surface area contributed by atoms with E-state index in [9.17, 15) is 0 Å². The molecule has 102 valence electrons. The Morgan fingerprint density at radius 2 is 2.00 bits per heavy atom. The molecule has 0 aliphatic heterocycles. The van der Waals surface area contributed by atoms with E-state index in [2.05, 4.69) is 37.0 Å². The number of hydrogen-bond acceptors (Lipinski definition) is 4. The van der Waals surface area contributed by atoms with Crippen molar-refractivity contribution >= 4 is 28.5 Å². The number of aromatic nitrogens is 1. The lowest BCUT2D eigenvalue weighted by atomic mass is 10.1. The fourth-order valence-electron chi connectivity index (χ4n) is 2.08. The Bertz CT molecular complexity index is 764. The number of rotatable bonds is 3. The number of nitrogen functional groups attached to an aromatic ring is 1. The van der Waals surface area contributed by atoms with Crippen molar-refractivity contribution in [3.05, 3.63) is 53.1 Å². The highest BCUT2D eigenvalue weighted by Crippen LogP contribution is 2.28. The quantitative estimate of drug-likeness (QED) is 0.575. The minimum Gasteiger partial charge on any atom is -0.431 e. The van der Waals surface area contributed by atoms with Gasteiger partial charge in [-0.2, -0.15) is 0 Å². The highest BCUT2D eigenvalue weighted by atomic mass is 32.2. The second kappa shape index (κ2) is 5.21. The van der Waals surface area contributed by atoms with Gasteiger partial charge in [-0.1, -0.05) is 35.5 Å². The molecule has 4 heteroatoms. The molecule has 3 nitrogen and oxygen atoms in total. The van der Waals surface area contributed by atoms with Crippen molar-refractivity contribution in [2.75, 3.05) is 5.73 Å². The zero-order valence-corrected chi connectivity index (χ0v) is 12.3. The standard InChI is InChI=1S/C16H16N2OS/c1-10-3-4-11(2)12(7-10)9-20-16-18-14-6-5-13(17)8-15(14)19-16/h3-8H,9,17H2,1-2H3. The number of thioether (sulfide) groups is 1. The van der Waals surface area contributed by atoms with Crippen LogP contribution in [0.1, 0.15) is 16.7 Å². The van der Waals surface area contributed by atoms with Crippen molar-refractivity contribution in [3.8, 4) is 0 Å². The van der Waals surface area contributed by atoms with Crippen LogP contribution in [0.2, 0.25) is 0 Å². The van der Waals surface area contributed by atoms with E-state index in [1.165, 1.54) is 16.7 Å². The van der Waals surface area contributed by atoms with Crippen molar-refractivity contribution in [3.63, 3.8) is 0 Å². The predicted octanol–water partition coefficient (Wildman–Crippen LogP) is 4.32. The number of aryl methyl sites for hydroxylation is 2. The van der Waals surface area contributed by atoms with Crippen molar-refractivity contribution in [2.24, 2.45) is 0 Å². The molecule has 0 atom stereocenters. The summed E-state index contributed by atoms with van der Waals surface area (Å²) >= 11 is 1.61. The van der Waals surface area contributed by atoms with Gasteiger partial charge >= 0.3 is 0 Å². The van der Waals surface area contributed by atoms with E-state index in [0.29, 0.717) is 10.9 Å². The highest BCUT2D eigenvalue weighted by Gasteiger charge is 2.08. The molecule has 0 saturated heterocycles. The lowest BCUT2D eigenvalue weighted by Gasteiger charge is -2.04. The number of benzene rings is 2. The Morgan fingerprint density at radius 3 is 2.85 bits per heavy atom. The lowest BCUT2D eigenvalue weighted by Crippen LogP contribution is -1.87. The van der Waals surface area contributed by atoms with E-state index in [1.54, 1.807) is 11.8 Å². The van der Waals surface area contributed by atoms with Gasteiger partial charge in [-0.3, -0.25) is 0 Å². The fraction of sp³-hybridized carbons (Fsp3) is 0.188. The number of oxazole rings is 1. The summed E-state index contributed by atoms with van der Waals surface area (Å²) in [6.07, 6.45) is 0. The summed E-state index contributed by atoms with van der Waals surface area (Å²) in [5, 5.41) is 0.687. The summed E-state index contributed by atoms with van der Waals surface area (Å²) in [6.45, 7) is 4.23. The molecular formula is C16H16N2OS. The summed E-state index contributed by atoms with van der Waals surface area (Å²) < 4.78 is 5.71. The summed E-state index contributed by atoms with van der Waals surface area (Å²) in [5.41, 5.74) is 11.9. The van der Waals surface area contributed by atoms with Crippen LogP contribution >= 0.6 is 11.8 Å². The summed E-state index contributed by atoms with van der Waals surface area (Å²) in [5.74, 6) is 0.857. The number of anilines is 1. The van der Waals surface area contributed by atoms with Gasteiger partial charge in [-0.05, 0) is 37.1 Å². The molecule has 0 spiro atoms. The molecule has 1 heterocycles. The smallest absolute Gasteiger partial charge is 0.257 e. The molecule has 0 aliphatic rings. The van der Waals surface area contributed by atoms with Gasteiger partial charge in [0.2, 0.25) is 0 Å². The maximum Gasteiger partial charge on any atom is 0.257 e. The maximum absolute atomic E-state index is 5.74. The topological polar surface area (TPSA) is 52.0 Å². The molecule has 0 amide bonds.